The molecule has 0 spiro atoms. The van der Waals surface area contributed by atoms with E-state index in [1.165, 1.54) is 38.5 Å². The van der Waals surface area contributed by atoms with Gasteiger partial charge in [0.1, 0.15) is 0 Å². The van der Waals surface area contributed by atoms with Crippen LogP contribution in [0.1, 0.15) is 65.2 Å². The van der Waals surface area contributed by atoms with E-state index in [-0.39, 0.29) is 6.10 Å². The number of nitrogens with two attached hydrogens (primary N) is 1. The molecule has 4 aliphatic rings. The summed E-state index contributed by atoms with van der Waals surface area (Å²) >= 11 is 0. The van der Waals surface area contributed by atoms with E-state index in [0.717, 1.165) is 30.6 Å². The Hall–Kier alpha value is -0.340. The summed E-state index contributed by atoms with van der Waals surface area (Å²) in [5.74, 6) is 2.53. The first-order valence-electron chi connectivity index (χ1n) is 9.08. The van der Waals surface area contributed by atoms with E-state index in [1.807, 2.05) is 0 Å². The van der Waals surface area contributed by atoms with Gasteiger partial charge in [0.15, 0.2) is 0 Å². The molecular formula is C19H31NO. The van der Waals surface area contributed by atoms with Crippen molar-refractivity contribution in [2.75, 3.05) is 0 Å². The van der Waals surface area contributed by atoms with Crippen molar-refractivity contribution in [2.45, 2.75) is 77.4 Å². The van der Waals surface area contributed by atoms with E-state index in [4.69, 9.17) is 5.73 Å². The van der Waals surface area contributed by atoms with E-state index in [9.17, 15) is 5.11 Å². The molecule has 0 amide bonds. The summed E-state index contributed by atoms with van der Waals surface area (Å²) in [5, 5.41) is 10.0. The lowest BCUT2D eigenvalue weighted by atomic mass is 9.48. The third kappa shape index (κ3) is 1.84. The Balaban J connectivity index is 1.68. The van der Waals surface area contributed by atoms with E-state index in [2.05, 4.69) is 19.9 Å². The van der Waals surface area contributed by atoms with E-state index < -0.39 is 0 Å². The highest BCUT2D eigenvalue weighted by Gasteiger charge is 2.57. The summed E-state index contributed by atoms with van der Waals surface area (Å²) < 4.78 is 0. The average Bonchev–Trinajstić information content (AvgIpc) is 2.76. The standard InChI is InChI=1S/C19H31NO/c1-18-9-7-13(21)11-12(18)3-4-14-15-5-6-17(20)19(15,2)10-8-16(14)18/h3,13-17,21H,4-11,20H2,1-2H3/t13-,14?,15?,16?,17-,18?,19-/m0/s1. The maximum atomic E-state index is 10.0. The molecule has 3 N–H and O–H groups in total. The van der Waals surface area contributed by atoms with Crippen LogP contribution in [-0.4, -0.2) is 17.3 Å². The van der Waals surface area contributed by atoms with Gasteiger partial charge in [0, 0.05) is 6.04 Å². The van der Waals surface area contributed by atoms with Crippen LogP contribution in [0.5, 0.6) is 0 Å². The fourth-order valence-corrected chi connectivity index (χ4v) is 6.68. The zero-order valence-electron chi connectivity index (χ0n) is 13.6. The van der Waals surface area contributed by atoms with Crippen LogP contribution in [0.4, 0.5) is 0 Å². The zero-order chi connectivity index (χ0) is 14.8. The smallest absolute Gasteiger partial charge is 0.0577 e. The third-order valence-electron chi connectivity index (χ3n) is 8.15. The minimum absolute atomic E-state index is 0.0883. The largest absolute Gasteiger partial charge is 0.393 e. The fourth-order valence-electron chi connectivity index (χ4n) is 6.68. The predicted octanol–water partition coefficient (Wildman–Crippen LogP) is 3.64. The lowest BCUT2D eigenvalue weighted by Gasteiger charge is -2.57. The highest BCUT2D eigenvalue weighted by atomic mass is 16.3. The SMILES string of the molecule is CC12CC[C@H](O)CC1=CCC1C2CC[C@@]2(C)C1CC[C@@H]2N. The lowest BCUT2D eigenvalue weighted by Crippen LogP contribution is -2.52. The van der Waals surface area contributed by atoms with Crippen LogP contribution >= 0.6 is 0 Å². The second-order valence-corrected chi connectivity index (χ2v) is 8.88. The quantitative estimate of drug-likeness (QED) is 0.669. The first kappa shape index (κ1) is 14.3. The Bertz CT molecular complexity index is 472. The maximum absolute atomic E-state index is 10.0. The summed E-state index contributed by atoms with van der Waals surface area (Å²) in [5.41, 5.74) is 8.83. The highest BCUT2D eigenvalue weighted by Crippen LogP contribution is 2.64. The Morgan fingerprint density at radius 3 is 2.71 bits per heavy atom. The van der Waals surface area contributed by atoms with Gasteiger partial charge in [-0.2, -0.15) is 0 Å². The van der Waals surface area contributed by atoms with Gasteiger partial charge in [-0.15, -0.1) is 0 Å². The van der Waals surface area contributed by atoms with Crippen LogP contribution in [-0.2, 0) is 0 Å². The highest BCUT2D eigenvalue weighted by molar-refractivity contribution is 5.25. The monoisotopic (exact) mass is 289 g/mol. The van der Waals surface area contributed by atoms with E-state index in [1.54, 1.807) is 5.57 Å². The fraction of sp³-hybridized carbons (Fsp3) is 0.895. The van der Waals surface area contributed by atoms with Gasteiger partial charge in [0.2, 0.25) is 0 Å². The van der Waals surface area contributed by atoms with Crippen molar-refractivity contribution in [3.05, 3.63) is 11.6 Å². The molecule has 118 valence electrons. The molecule has 21 heavy (non-hydrogen) atoms. The second-order valence-electron chi connectivity index (χ2n) is 8.88. The molecule has 4 rings (SSSR count). The second kappa shape index (κ2) is 4.58. The lowest BCUT2D eigenvalue weighted by molar-refractivity contribution is -0.0401. The van der Waals surface area contributed by atoms with Gasteiger partial charge >= 0.3 is 0 Å². The molecule has 0 heterocycles. The zero-order valence-corrected chi connectivity index (χ0v) is 13.6. The first-order chi connectivity index (χ1) is 9.95. The van der Waals surface area contributed by atoms with Gasteiger partial charge in [0.25, 0.3) is 0 Å². The molecule has 0 aromatic carbocycles. The minimum Gasteiger partial charge on any atom is -0.393 e. The summed E-state index contributed by atoms with van der Waals surface area (Å²) in [6.07, 6.45) is 12.1. The van der Waals surface area contributed by atoms with Crippen molar-refractivity contribution in [3.63, 3.8) is 0 Å². The summed E-state index contributed by atoms with van der Waals surface area (Å²) in [4.78, 5) is 0. The molecule has 4 aliphatic carbocycles. The number of hydrogen-bond acceptors (Lipinski definition) is 2. The molecule has 4 unspecified atom stereocenters. The number of fused-ring (bicyclic) bond motifs is 5. The van der Waals surface area contributed by atoms with Crippen LogP contribution in [0, 0.1) is 28.6 Å². The predicted molar refractivity (Wildman–Crippen MR) is 85.7 cm³/mol. The Morgan fingerprint density at radius 1 is 1.10 bits per heavy atom. The Labute approximate surface area is 129 Å². The van der Waals surface area contributed by atoms with E-state index >= 15 is 0 Å². The topological polar surface area (TPSA) is 46.2 Å². The molecular weight excluding hydrogens is 258 g/mol. The van der Waals surface area contributed by atoms with Crippen LogP contribution in [0.3, 0.4) is 0 Å². The van der Waals surface area contributed by atoms with Crippen LogP contribution in [0.2, 0.25) is 0 Å². The van der Waals surface area contributed by atoms with Gasteiger partial charge in [-0.05, 0) is 80.0 Å². The van der Waals surface area contributed by atoms with Crippen molar-refractivity contribution in [1.29, 1.82) is 0 Å². The molecule has 0 radical (unpaired) electrons. The average molecular weight is 289 g/mol. The molecule has 7 atom stereocenters. The summed E-state index contributed by atoms with van der Waals surface area (Å²) in [6.45, 7) is 4.97. The number of rotatable bonds is 0. The molecule has 2 heteroatoms. The van der Waals surface area contributed by atoms with Gasteiger partial charge in [-0.3, -0.25) is 0 Å². The number of aliphatic hydroxyl groups excluding tert-OH is 1. The van der Waals surface area contributed by atoms with Gasteiger partial charge in [0.05, 0.1) is 6.10 Å². The minimum atomic E-state index is -0.0883. The summed E-state index contributed by atoms with van der Waals surface area (Å²) in [6, 6.07) is 0.426. The van der Waals surface area contributed by atoms with Crippen molar-refractivity contribution < 1.29 is 5.11 Å². The van der Waals surface area contributed by atoms with Crippen molar-refractivity contribution in [1.82, 2.24) is 0 Å². The van der Waals surface area contributed by atoms with Gasteiger partial charge < -0.3 is 10.8 Å². The Kier molecular flexibility index (Phi) is 3.11. The maximum Gasteiger partial charge on any atom is 0.0577 e. The van der Waals surface area contributed by atoms with Crippen molar-refractivity contribution >= 4 is 0 Å². The van der Waals surface area contributed by atoms with Crippen molar-refractivity contribution in [2.24, 2.45) is 34.3 Å². The normalized spacial score (nSPS) is 56.2. The molecule has 0 aliphatic heterocycles. The van der Waals surface area contributed by atoms with Crippen LogP contribution in [0.25, 0.3) is 0 Å². The molecule has 2 nitrogen and oxygen atoms in total. The van der Waals surface area contributed by atoms with E-state index in [0.29, 0.717) is 16.9 Å². The van der Waals surface area contributed by atoms with Gasteiger partial charge in [-0.1, -0.05) is 25.5 Å². The van der Waals surface area contributed by atoms with Crippen molar-refractivity contribution in [3.8, 4) is 0 Å². The molecule has 3 saturated carbocycles. The van der Waals surface area contributed by atoms with Crippen LogP contribution in [0.15, 0.2) is 11.6 Å². The molecule has 0 bridgehead atoms. The number of allylic oxidation sites excluding steroid dienone is 1. The molecule has 0 aromatic rings. The first-order valence-corrected chi connectivity index (χ1v) is 9.08. The molecule has 3 fully saturated rings. The number of aliphatic hydroxyl groups is 1. The molecule has 0 saturated heterocycles. The van der Waals surface area contributed by atoms with Crippen LogP contribution < -0.4 is 5.73 Å². The van der Waals surface area contributed by atoms with Gasteiger partial charge in [-0.25, -0.2) is 0 Å². The summed E-state index contributed by atoms with van der Waals surface area (Å²) in [7, 11) is 0. The number of hydrogen-bond donors (Lipinski definition) is 2. The third-order valence-corrected chi connectivity index (χ3v) is 8.15. The Morgan fingerprint density at radius 2 is 1.90 bits per heavy atom. The molecule has 0 aromatic heterocycles.